The molecule has 0 aromatic heterocycles. The summed E-state index contributed by atoms with van der Waals surface area (Å²) in [5.41, 5.74) is 0. The van der Waals surface area contributed by atoms with Gasteiger partial charge in [0.25, 0.3) is 0 Å². The summed E-state index contributed by atoms with van der Waals surface area (Å²) in [6, 6.07) is 0. The van der Waals surface area contributed by atoms with Crippen LogP contribution < -0.4 is 0 Å². The van der Waals surface area contributed by atoms with Gasteiger partial charge in [-0.1, -0.05) is 0 Å². The van der Waals surface area contributed by atoms with E-state index in [2.05, 4.69) is 0 Å². The first-order valence-electron chi connectivity index (χ1n) is 0.428. The van der Waals surface area contributed by atoms with Crippen molar-refractivity contribution in [2.45, 2.75) is 0 Å². The fourth-order valence-electron chi connectivity index (χ4n) is 0. The first-order chi connectivity index (χ1) is 1.41. The summed E-state index contributed by atoms with van der Waals surface area (Å²) in [7, 11) is -1.17. The number of hydrogen-bond donors (Lipinski definition) is 1. The van der Waals surface area contributed by atoms with Crippen molar-refractivity contribution < 1.29 is 9.46 Å². The summed E-state index contributed by atoms with van der Waals surface area (Å²) >= 11 is 0. The van der Waals surface area contributed by atoms with Gasteiger partial charge in [0.15, 0.2) is 0 Å². The Hall–Kier alpha value is 0.696. The average molecular weight is 138 g/mol. The third-order valence-electron chi connectivity index (χ3n) is 0. The Labute approximate surface area is 38.6 Å². The maximum absolute atomic E-state index is 8.51. The van der Waals surface area contributed by atoms with Crippen molar-refractivity contribution >= 4 is 28.5 Å². The van der Waals surface area contributed by atoms with Crippen LogP contribution in [0.25, 0.3) is 0 Å². The minimum atomic E-state index is -1.17. The Bertz CT molecular complexity index is 13.5. The summed E-state index contributed by atoms with van der Waals surface area (Å²) in [6.45, 7) is 0. The van der Waals surface area contributed by atoms with Crippen molar-refractivity contribution in [2.75, 3.05) is 0 Å². The van der Waals surface area contributed by atoms with Crippen molar-refractivity contribution in [3.05, 3.63) is 0 Å². The summed E-state index contributed by atoms with van der Waals surface area (Å²) in [6.07, 6.45) is 0. The van der Waals surface area contributed by atoms with Crippen LogP contribution in [-0.2, 0) is 4.57 Å². The van der Waals surface area contributed by atoms with Crippen LogP contribution in [0.5, 0.6) is 0 Å². The molecule has 0 rings (SSSR count). The van der Waals surface area contributed by atoms with E-state index in [1.807, 2.05) is 0 Å². The minimum absolute atomic E-state index is 0. The van der Waals surface area contributed by atoms with Gasteiger partial charge in [-0.25, -0.2) is 0 Å². The molecule has 0 heterocycles. The van der Waals surface area contributed by atoms with Gasteiger partial charge in [0.2, 0.25) is 0 Å². The fraction of sp³-hybridized carbons (Fsp3) is 0. The fourth-order valence-corrected chi connectivity index (χ4v) is 0. The molecule has 1 atom stereocenters. The van der Waals surface area contributed by atoms with Gasteiger partial charge in [0.1, 0.15) is 0 Å². The average Bonchev–Trinajstić information content (AvgIpc) is 0.918. The summed E-state index contributed by atoms with van der Waals surface area (Å²) in [5, 5.41) is 0. The third kappa shape index (κ3) is 16.0. The molecule has 24 valence electrons. The SMILES string of the molecule is O=[PH+]O.[GaH3]. The Morgan fingerprint density at radius 1 is 1.75 bits per heavy atom. The molecule has 0 aliphatic rings. The Balaban J connectivity index is 0. The van der Waals surface area contributed by atoms with Crippen LogP contribution in [0.2, 0.25) is 0 Å². The van der Waals surface area contributed by atoms with E-state index in [0.717, 1.165) is 0 Å². The van der Waals surface area contributed by atoms with Gasteiger partial charge in [-0.05, 0) is 4.57 Å². The van der Waals surface area contributed by atoms with E-state index >= 15 is 0 Å². The van der Waals surface area contributed by atoms with Gasteiger partial charge >= 0.3 is 28.5 Å². The van der Waals surface area contributed by atoms with Gasteiger partial charge < -0.3 is 0 Å². The van der Waals surface area contributed by atoms with Gasteiger partial charge in [-0.3, -0.25) is 0 Å². The molecule has 0 radical (unpaired) electrons. The van der Waals surface area contributed by atoms with Gasteiger partial charge in [-0.15, -0.1) is 0 Å². The molecule has 0 aliphatic heterocycles. The van der Waals surface area contributed by atoms with Crippen molar-refractivity contribution in [1.29, 1.82) is 0 Å². The van der Waals surface area contributed by atoms with Crippen LogP contribution in [0.4, 0.5) is 0 Å². The monoisotopic (exact) mass is 137 g/mol. The van der Waals surface area contributed by atoms with Crippen LogP contribution in [-0.4, -0.2) is 24.7 Å². The van der Waals surface area contributed by atoms with Crippen LogP contribution >= 0.6 is 8.69 Å². The molecule has 4 heavy (non-hydrogen) atoms. The molecule has 0 aliphatic carbocycles. The summed E-state index contributed by atoms with van der Waals surface area (Å²) in [5.74, 6) is 0. The zero-order valence-corrected chi connectivity index (χ0v) is 2.36. The van der Waals surface area contributed by atoms with E-state index < -0.39 is 8.69 Å². The second-order valence-corrected chi connectivity index (χ2v) is 0.274. The summed E-state index contributed by atoms with van der Waals surface area (Å²) < 4.78 is 8.51. The standard InChI is InChI=1S/Ga.HO2P.3H/c;1-3-2;;;/h;3H;;;/p+1. The van der Waals surface area contributed by atoms with Crippen LogP contribution in [0.3, 0.4) is 0 Å². The first kappa shape index (κ1) is 8.83. The molecule has 4 heteroatoms. The van der Waals surface area contributed by atoms with E-state index in [-0.39, 0.29) is 19.8 Å². The van der Waals surface area contributed by atoms with Crippen molar-refractivity contribution in [3.8, 4) is 0 Å². The van der Waals surface area contributed by atoms with Crippen molar-refractivity contribution in [1.82, 2.24) is 0 Å². The molecule has 2 nitrogen and oxygen atoms in total. The van der Waals surface area contributed by atoms with E-state index in [0.29, 0.717) is 0 Å². The topological polar surface area (TPSA) is 37.3 Å². The molecule has 0 bridgehead atoms. The molecular formula is H5GaO2P+. The normalized spacial score (nSPS) is 5.25. The molecule has 0 fully saturated rings. The molecule has 0 saturated carbocycles. The molecule has 1 unspecified atom stereocenters. The van der Waals surface area contributed by atoms with E-state index in [9.17, 15) is 0 Å². The quantitative estimate of drug-likeness (QED) is 0.334. The number of rotatable bonds is 0. The Morgan fingerprint density at radius 2 is 1.75 bits per heavy atom. The zero-order valence-electron chi connectivity index (χ0n) is 1.36. The third-order valence-corrected chi connectivity index (χ3v) is 0. The summed E-state index contributed by atoms with van der Waals surface area (Å²) in [4.78, 5) is 7.04. The second-order valence-electron chi connectivity index (χ2n) is 0.0913. The molecular weight excluding hydrogens is 133 g/mol. The van der Waals surface area contributed by atoms with Gasteiger partial charge in [0.05, 0.1) is 0 Å². The first-order valence-corrected chi connectivity index (χ1v) is 1.28. The predicted octanol–water partition coefficient (Wildman–Crippen LogP) is -1.27. The second kappa shape index (κ2) is 9.34. The predicted molar refractivity (Wildman–Crippen MR) is 21.2 cm³/mol. The Morgan fingerprint density at radius 3 is 1.75 bits per heavy atom. The molecule has 0 aromatic rings. The van der Waals surface area contributed by atoms with E-state index in [1.165, 1.54) is 0 Å². The van der Waals surface area contributed by atoms with Crippen LogP contribution in [0.1, 0.15) is 0 Å². The van der Waals surface area contributed by atoms with Gasteiger partial charge in [-0.2, -0.15) is 4.89 Å². The van der Waals surface area contributed by atoms with E-state index in [4.69, 9.17) is 9.46 Å². The molecule has 1 N–H and O–H groups in total. The molecule has 0 spiro atoms. The van der Waals surface area contributed by atoms with Crippen LogP contribution in [0, 0.1) is 0 Å². The molecule has 0 saturated heterocycles. The van der Waals surface area contributed by atoms with Gasteiger partial charge in [0, 0.05) is 0 Å². The van der Waals surface area contributed by atoms with E-state index in [1.54, 1.807) is 0 Å². The van der Waals surface area contributed by atoms with Crippen molar-refractivity contribution in [3.63, 3.8) is 0 Å². The zero-order chi connectivity index (χ0) is 2.71. The Kier molecular flexibility index (Phi) is 20.6. The molecule has 0 aromatic carbocycles. The molecule has 0 amide bonds. The maximum atomic E-state index is 8.51. The van der Waals surface area contributed by atoms with Crippen LogP contribution in [0.15, 0.2) is 0 Å². The number of hydrogen-bond acceptors (Lipinski definition) is 1. The van der Waals surface area contributed by atoms with Crippen molar-refractivity contribution in [2.24, 2.45) is 0 Å².